The van der Waals surface area contributed by atoms with E-state index in [9.17, 15) is 9.90 Å². The van der Waals surface area contributed by atoms with E-state index >= 15 is 0 Å². The average Bonchev–Trinajstić information content (AvgIpc) is 2.41. The zero-order chi connectivity index (χ0) is 15.0. The van der Waals surface area contributed by atoms with Gasteiger partial charge in [0.2, 0.25) is 0 Å². The quantitative estimate of drug-likeness (QED) is 0.766. The number of aliphatic hydroxyl groups excluding tert-OH is 1. The number of benzene rings is 1. The number of hydrogen-bond acceptors (Lipinski definition) is 3. The average molecular weight is 279 g/mol. The van der Waals surface area contributed by atoms with Gasteiger partial charge in [-0.15, -0.1) is 0 Å². The Morgan fingerprint density at radius 1 is 1.25 bits per heavy atom. The van der Waals surface area contributed by atoms with E-state index in [1.54, 1.807) is 6.92 Å². The summed E-state index contributed by atoms with van der Waals surface area (Å²) < 4.78 is 5.42. The van der Waals surface area contributed by atoms with E-state index in [-0.39, 0.29) is 18.6 Å². The topological polar surface area (TPSA) is 58.6 Å². The van der Waals surface area contributed by atoms with E-state index in [0.717, 1.165) is 18.4 Å². The molecule has 0 heterocycles. The summed E-state index contributed by atoms with van der Waals surface area (Å²) >= 11 is 0. The molecule has 1 rings (SSSR count). The van der Waals surface area contributed by atoms with Crippen molar-refractivity contribution in [3.8, 4) is 5.75 Å². The van der Waals surface area contributed by atoms with Gasteiger partial charge >= 0.3 is 0 Å². The van der Waals surface area contributed by atoms with Gasteiger partial charge in [-0.1, -0.05) is 26.0 Å². The molecule has 4 nitrogen and oxygen atoms in total. The third-order valence-electron chi connectivity index (χ3n) is 2.85. The summed E-state index contributed by atoms with van der Waals surface area (Å²) in [7, 11) is 0. The highest BCUT2D eigenvalue weighted by molar-refractivity contribution is 5.77. The third kappa shape index (κ3) is 7.14. The number of ether oxygens (including phenoxy) is 1. The molecule has 0 radical (unpaired) electrons. The van der Waals surface area contributed by atoms with Crippen molar-refractivity contribution in [2.75, 3.05) is 13.2 Å². The molecule has 1 amide bonds. The molecule has 1 unspecified atom stereocenters. The lowest BCUT2D eigenvalue weighted by atomic mass is 10.1. The molecule has 0 aliphatic heterocycles. The monoisotopic (exact) mass is 279 g/mol. The Bertz CT molecular complexity index is 399. The molecular weight excluding hydrogens is 254 g/mol. The van der Waals surface area contributed by atoms with Crippen molar-refractivity contribution in [2.24, 2.45) is 5.92 Å². The lowest BCUT2D eigenvalue weighted by Crippen LogP contribution is -2.31. The molecule has 1 atom stereocenters. The number of rotatable bonds is 8. The van der Waals surface area contributed by atoms with Gasteiger partial charge in [0.15, 0.2) is 6.61 Å². The number of nitrogens with one attached hydrogen (secondary N) is 1. The van der Waals surface area contributed by atoms with E-state index in [1.807, 2.05) is 38.1 Å². The molecule has 0 bridgehead atoms. The van der Waals surface area contributed by atoms with E-state index < -0.39 is 0 Å². The van der Waals surface area contributed by atoms with Crippen LogP contribution in [0.4, 0.5) is 0 Å². The summed E-state index contributed by atoms with van der Waals surface area (Å²) in [6.45, 7) is 6.59. The van der Waals surface area contributed by atoms with Crippen LogP contribution in [0.5, 0.6) is 5.75 Å². The Balaban J connectivity index is 2.32. The van der Waals surface area contributed by atoms with Crippen molar-refractivity contribution < 1.29 is 14.6 Å². The summed E-state index contributed by atoms with van der Waals surface area (Å²) in [5, 5.41) is 12.0. The Labute approximate surface area is 121 Å². The number of aryl methyl sites for hydroxylation is 1. The largest absolute Gasteiger partial charge is 0.484 e. The minimum Gasteiger partial charge on any atom is -0.484 e. The van der Waals surface area contributed by atoms with Crippen molar-refractivity contribution in [3.63, 3.8) is 0 Å². The molecule has 0 aromatic heterocycles. The molecule has 0 saturated carbocycles. The van der Waals surface area contributed by atoms with Crippen LogP contribution in [0.25, 0.3) is 0 Å². The van der Waals surface area contributed by atoms with Crippen LogP contribution in [0.1, 0.15) is 32.8 Å². The fourth-order valence-electron chi connectivity index (χ4n) is 1.65. The third-order valence-corrected chi connectivity index (χ3v) is 2.85. The first-order valence-electron chi connectivity index (χ1n) is 7.14. The van der Waals surface area contributed by atoms with Crippen LogP contribution in [-0.2, 0) is 11.2 Å². The van der Waals surface area contributed by atoms with Crippen LogP contribution in [0.3, 0.4) is 0 Å². The minimum atomic E-state index is -0.282. The lowest BCUT2D eigenvalue weighted by molar-refractivity contribution is -0.123. The van der Waals surface area contributed by atoms with Crippen molar-refractivity contribution in [1.29, 1.82) is 0 Å². The van der Waals surface area contributed by atoms with Crippen LogP contribution in [0, 0.1) is 5.92 Å². The predicted octanol–water partition coefficient (Wildman–Crippen LogP) is 2.15. The molecule has 2 N–H and O–H groups in total. The van der Waals surface area contributed by atoms with Crippen molar-refractivity contribution in [2.45, 2.75) is 39.7 Å². The summed E-state index contributed by atoms with van der Waals surface area (Å²) in [5.74, 6) is 1.02. The first-order valence-corrected chi connectivity index (χ1v) is 7.14. The zero-order valence-corrected chi connectivity index (χ0v) is 12.6. The molecule has 1 aromatic rings. The highest BCUT2D eigenvalue weighted by Gasteiger charge is 2.04. The van der Waals surface area contributed by atoms with Crippen LogP contribution in [-0.4, -0.2) is 30.3 Å². The second-order valence-corrected chi connectivity index (χ2v) is 5.52. The lowest BCUT2D eigenvalue weighted by Gasteiger charge is -2.10. The van der Waals surface area contributed by atoms with Crippen LogP contribution in [0.2, 0.25) is 0 Å². The smallest absolute Gasteiger partial charge is 0.257 e. The summed E-state index contributed by atoms with van der Waals surface area (Å²) in [4.78, 5) is 11.5. The number of carbonyl (C=O) groups excluding carboxylic acids is 1. The SMILES string of the molecule is CC(C)CNC(=O)COc1ccc(CCC(C)O)cc1. The Morgan fingerprint density at radius 3 is 2.45 bits per heavy atom. The predicted molar refractivity (Wildman–Crippen MR) is 79.8 cm³/mol. The van der Waals surface area contributed by atoms with E-state index in [4.69, 9.17) is 4.74 Å². The normalized spacial score (nSPS) is 12.2. The molecular formula is C16H25NO3. The molecule has 0 saturated heterocycles. The highest BCUT2D eigenvalue weighted by Crippen LogP contribution is 2.13. The Hall–Kier alpha value is -1.55. The fourth-order valence-corrected chi connectivity index (χ4v) is 1.65. The summed E-state index contributed by atoms with van der Waals surface area (Å²) in [6, 6.07) is 7.63. The van der Waals surface area contributed by atoms with Gasteiger partial charge in [0.1, 0.15) is 5.75 Å². The molecule has 0 fully saturated rings. The van der Waals surface area contributed by atoms with Crippen molar-refractivity contribution >= 4 is 5.91 Å². The Morgan fingerprint density at radius 2 is 1.90 bits per heavy atom. The number of aliphatic hydroxyl groups is 1. The molecule has 0 aliphatic rings. The maximum absolute atomic E-state index is 11.5. The van der Waals surface area contributed by atoms with Crippen molar-refractivity contribution in [3.05, 3.63) is 29.8 Å². The van der Waals surface area contributed by atoms with E-state index in [2.05, 4.69) is 5.32 Å². The minimum absolute atomic E-state index is 0.0414. The van der Waals surface area contributed by atoms with Gasteiger partial charge in [-0.25, -0.2) is 0 Å². The highest BCUT2D eigenvalue weighted by atomic mass is 16.5. The first-order chi connectivity index (χ1) is 9.47. The van der Waals surface area contributed by atoms with Crippen LogP contribution < -0.4 is 10.1 Å². The number of amides is 1. The molecule has 4 heteroatoms. The van der Waals surface area contributed by atoms with Gasteiger partial charge in [-0.05, 0) is 43.4 Å². The number of hydrogen-bond donors (Lipinski definition) is 2. The van der Waals surface area contributed by atoms with Crippen molar-refractivity contribution in [1.82, 2.24) is 5.32 Å². The Kier molecular flexibility index (Phi) is 7.09. The van der Waals surface area contributed by atoms with Gasteiger partial charge in [-0.2, -0.15) is 0 Å². The van der Waals surface area contributed by atoms with Gasteiger partial charge in [0, 0.05) is 6.54 Å². The van der Waals surface area contributed by atoms with Crippen LogP contribution >= 0.6 is 0 Å². The second-order valence-electron chi connectivity index (χ2n) is 5.52. The van der Waals surface area contributed by atoms with Gasteiger partial charge in [0.25, 0.3) is 5.91 Å². The molecule has 112 valence electrons. The summed E-state index contributed by atoms with van der Waals surface area (Å²) in [5.41, 5.74) is 1.16. The molecule has 1 aromatic carbocycles. The number of carbonyl (C=O) groups is 1. The van der Waals surface area contributed by atoms with Gasteiger partial charge in [-0.3, -0.25) is 4.79 Å². The molecule has 0 aliphatic carbocycles. The van der Waals surface area contributed by atoms with E-state index in [1.165, 1.54) is 0 Å². The maximum Gasteiger partial charge on any atom is 0.257 e. The summed E-state index contributed by atoms with van der Waals surface area (Å²) in [6.07, 6.45) is 1.31. The second kappa shape index (κ2) is 8.59. The first kappa shape index (κ1) is 16.5. The van der Waals surface area contributed by atoms with Crippen LogP contribution in [0.15, 0.2) is 24.3 Å². The standard InChI is InChI=1S/C16H25NO3/c1-12(2)10-17-16(19)11-20-15-8-6-14(7-9-15)5-4-13(3)18/h6-9,12-13,18H,4-5,10-11H2,1-3H3,(H,17,19). The fraction of sp³-hybridized carbons (Fsp3) is 0.562. The zero-order valence-electron chi connectivity index (χ0n) is 12.6. The van der Waals surface area contributed by atoms with Gasteiger partial charge in [0.05, 0.1) is 6.10 Å². The molecule has 20 heavy (non-hydrogen) atoms. The van der Waals surface area contributed by atoms with Gasteiger partial charge < -0.3 is 15.2 Å². The van der Waals surface area contributed by atoms with E-state index in [0.29, 0.717) is 18.2 Å². The maximum atomic E-state index is 11.5. The molecule has 0 spiro atoms.